The van der Waals surface area contributed by atoms with Crippen molar-refractivity contribution in [2.24, 2.45) is 5.92 Å². The molecule has 1 aliphatic rings. The molecule has 0 aromatic heterocycles. The van der Waals surface area contributed by atoms with Gasteiger partial charge in [0, 0.05) is 24.3 Å². The number of rotatable bonds is 5. The van der Waals surface area contributed by atoms with Crippen LogP contribution < -0.4 is 5.32 Å². The Bertz CT molecular complexity index is 898. The van der Waals surface area contributed by atoms with Crippen molar-refractivity contribution in [3.63, 3.8) is 0 Å². The summed E-state index contributed by atoms with van der Waals surface area (Å²) in [7, 11) is 0. The van der Waals surface area contributed by atoms with E-state index in [-0.39, 0.29) is 11.5 Å². The highest BCUT2D eigenvalue weighted by Crippen LogP contribution is 2.26. The minimum atomic E-state index is -0.252. The SMILES string of the molecule is N#C/C(=C/Nc1ccc(Cl)cc1Cl)C(=O)N1CCC(Cc2ccccc2)CC1. The molecule has 0 radical (unpaired) electrons. The maximum atomic E-state index is 12.7. The zero-order valence-electron chi connectivity index (χ0n) is 15.4. The fraction of sp³-hybridized carbons (Fsp3) is 0.273. The summed E-state index contributed by atoms with van der Waals surface area (Å²) >= 11 is 12.0. The summed E-state index contributed by atoms with van der Waals surface area (Å²) in [5.74, 6) is 0.310. The summed E-state index contributed by atoms with van der Waals surface area (Å²) in [5, 5.41) is 13.3. The summed E-state index contributed by atoms with van der Waals surface area (Å²) in [6.45, 7) is 1.33. The van der Waals surface area contributed by atoms with E-state index >= 15 is 0 Å². The monoisotopic (exact) mass is 413 g/mol. The molecule has 0 unspecified atom stereocenters. The molecule has 0 aliphatic carbocycles. The number of likely N-dealkylation sites (tertiary alicyclic amines) is 1. The van der Waals surface area contributed by atoms with Crippen LogP contribution in [0.3, 0.4) is 0 Å². The van der Waals surface area contributed by atoms with Gasteiger partial charge in [-0.05, 0) is 48.9 Å². The first-order valence-corrected chi connectivity index (χ1v) is 9.97. The third-order valence-corrected chi connectivity index (χ3v) is 5.47. The molecule has 1 aliphatic heterocycles. The fourth-order valence-electron chi connectivity index (χ4n) is 3.36. The molecule has 1 fully saturated rings. The van der Waals surface area contributed by atoms with Crippen molar-refractivity contribution in [2.45, 2.75) is 19.3 Å². The Labute approximate surface area is 175 Å². The molecule has 1 N–H and O–H groups in total. The van der Waals surface area contributed by atoms with Crippen LogP contribution in [0.2, 0.25) is 10.0 Å². The Balaban J connectivity index is 1.57. The van der Waals surface area contributed by atoms with Gasteiger partial charge >= 0.3 is 0 Å². The van der Waals surface area contributed by atoms with E-state index in [1.165, 1.54) is 11.8 Å². The van der Waals surface area contributed by atoms with Gasteiger partial charge in [0.25, 0.3) is 5.91 Å². The smallest absolute Gasteiger partial charge is 0.266 e. The van der Waals surface area contributed by atoms with Gasteiger partial charge in [-0.3, -0.25) is 4.79 Å². The second kappa shape index (κ2) is 9.64. The van der Waals surface area contributed by atoms with Gasteiger partial charge in [0.1, 0.15) is 11.6 Å². The fourth-order valence-corrected chi connectivity index (χ4v) is 3.82. The number of hydrogen-bond donors (Lipinski definition) is 1. The van der Waals surface area contributed by atoms with Crippen LogP contribution in [0.25, 0.3) is 0 Å². The largest absolute Gasteiger partial charge is 0.359 e. The van der Waals surface area contributed by atoms with Gasteiger partial charge in [0.05, 0.1) is 10.7 Å². The standard InChI is InChI=1S/C22H21Cl2N3O/c23-19-6-7-21(20(24)13-19)26-15-18(14-25)22(28)27-10-8-17(9-11-27)12-16-4-2-1-3-5-16/h1-7,13,15,17,26H,8-12H2/b18-15-. The minimum absolute atomic E-state index is 0.0625. The molecule has 6 heteroatoms. The van der Waals surface area contributed by atoms with E-state index < -0.39 is 0 Å². The van der Waals surface area contributed by atoms with Crippen molar-refractivity contribution in [3.8, 4) is 6.07 Å². The van der Waals surface area contributed by atoms with E-state index in [0.717, 1.165) is 19.3 Å². The molecule has 0 atom stereocenters. The molecular formula is C22H21Cl2N3O. The maximum Gasteiger partial charge on any atom is 0.266 e. The van der Waals surface area contributed by atoms with Gasteiger partial charge in [-0.15, -0.1) is 0 Å². The molecule has 3 rings (SSSR count). The van der Waals surface area contributed by atoms with Crippen molar-refractivity contribution in [1.29, 1.82) is 5.26 Å². The minimum Gasteiger partial charge on any atom is -0.359 e. The first kappa shape index (κ1) is 20.3. The van der Waals surface area contributed by atoms with E-state index in [9.17, 15) is 10.1 Å². The summed E-state index contributed by atoms with van der Waals surface area (Å²) in [6.07, 6.45) is 4.32. The highest BCUT2D eigenvalue weighted by molar-refractivity contribution is 6.36. The van der Waals surface area contributed by atoms with Crippen molar-refractivity contribution < 1.29 is 4.79 Å². The number of carbonyl (C=O) groups excluding carboxylic acids is 1. The highest BCUT2D eigenvalue weighted by atomic mass is 35.5. The Kier molecular flexibility index (Phi) is 6.97. The second-order valence-corrected chi connectivity index (χ2v) is 7.71. The van der Waals surface area contributed by atoms with Crippen molar-refractivity contribution in [3.05, 3.63) is 75.9 Å². The molecule has 0 bridgehead atoms. The lowest BCUT2D eigenvalue weighted by molar-refractivity contribution is -0.128. The Morgan fingerprint density at radius 2 is 1.89 bits per heavy atom. The molecule has 1 saturated heterocycles. The number of anilines is 1. The van der Waals surface area contributed by atoms with Crippen molar-refractivity contribution >= 4 is 34.8 Å². The van der Waals surface area contributed by atoms with Crippen LogP contribution in [0, 0.1) is 17.2 Å². The van der Waals surface area contributed by atoms with Gasteiger partial charge in [-0.25, -0.2) is 0 Å². The summed E-state index contributed by atoms with van der Waals surface area (Å²) in [4.78, 5) is 14.4. The van der Waals surface area contributed by atoms with Crippen LogP contribution in [-0.2, 0) is 11.2 Å². The average molecular weight is 414 g/mol. The number of hydrogen-bond acceptors (Lipinski definition) is 3. The van der Waals surface area contributed by atoms with Gasteiger partial charge in [-0.2, -0.15) is 5.26 Å². The average Bonchev–Trinajstić information content (AvgIpc) is 2.71. The van der Waals surface area contributed by atoms with Gasteiger partial charge in [0.2, 0.25) is 0 Å². The molecule has 4 nitrogen and oxygen atoms in total. The first-order valence-electron chi connectivity index (χ1n) is 9.22. The predicted molar refractivity (Wildman–Crippen MR) is 113 cm³/mol. The van der Waals surface area contributed by atoms with Crippen LogP contribution in [0.5, 0.6) is 0 Å². The number of nitrogens with zero attached hydrogens (tertiary/aromatic N) is 2. The van der Waals surface area contributed by atoms with E-state index in [1.807, 2.05) is 12.1 Å². The zero-order valence-corrected chi connectivity index (χ0v) is 16.9. The lowest BCUT2D eigenvalue weighted by Gasteiger charge is -2.32. The van der Waals surface area contributed by atoms with Gasteiger partial charge in [-0.1, -0.05) is 53.5 Å². The number of amides is 1. The maximum absolute atomic E-state index is 12.7. The molecule has 28 heavy (non-hydrogen) atoms. The van der Waals surface area contributed by atoms with E-state index in [2.05, 4.69) is 29.6 Å². The molecule has 0 saturated carbocycles. The number of piperidine rings is 1. The third kappa shape index (κ3) is 5.28. The van der Waals surface area contributed by atoms with Crippen LogP contribution in [0.15, 0.2) is 60.3 Å². The van der Waals surface area contributed by atoms with E-state index in [0.29, 0.717) is 34.7 Å². The highest BCUT2D eigenvalue weighted by Gasteiger charge is 2.25. The quantitative estimate of drug-likeness (QED) is 0.534. The molecule has 0 spiro atoms. The summed E-state index contributed by atoms with van der Waals surface area (Å²) in [6, 6.07) is 17.4. The zero-order chi connectivity index (χ0) is 19.9. The molecule has 144 valence electrons. The van der Waals surface area contributed by atoms with Crippen molar-refractivity contribution in [1.82, 2.24) is 4.90 Å². The van der Waals surface area contributed by atoms with Crippen LogP contribution in [0.4, 0.5) is 5.69 Å². The Hall–Kier alpha value is -2.48. The molecule has 1 heterocycles. The second-order valence-electron chi connectivity index (χ2n) is 6.86. The molecular weight excluding hydrogens is 393 g/mol. The van der Waals surface area contributed by atoms with Crippen LogP contribution in [0.1, 0.15) is 18.4 Å². The topological polar surface area (TPSA) is 56.1 Å². The molecule has 2 aromatic rings. The number of carbonyl (C=O) groups is 1. The third-order valence-electron chi connectivity index (χ3n) is 4.92. The number of nitriles is 1. The molecule has 2 aromatic carbocycles. The normalized spacial score (nSPS) is 15.2. The van der Waals surface area contributed by atoms with Crippen molar-refractivity contribution in [2.75, 3.05) is 18.4 Å². The van der Waals surface area contributed by atoms with Crippen LogP contribution in [-0.4, -0.2) is 23.9 Å². The number of halogens is 2. The first-order chi connectivity index (χ1) is 13.6. The van der Waals surface area contributed by atoms with E-state index in [1.54, 1.807) is 23.1 Å². The van der Waals surface area contributed by atoms with Gasteiger partial charge in [0.15, 0.2) is 0 Å². The predicted octanol–water partition coefficient (Wildman–Crippen LogP) is 5.29. The van der Waals surface area contributed by atoms with Crippen LogP contribution >= 0.6 is 23.2 Å². The number of nitrogens with one attached hydrogen (secondary N) is 1. The summed E-state index contributed by atoms with van der Waals surface area (Å²) in [5.41, 5.74) is 1.98. The summed E-state index contributed by atoms with van der Waals surface area (Å²) < 4.78 is 0. The van der Waals surface area contributed by atoms with Gasteiger partial charge < -0.3 is 10.2 Å². The lowest BCUT2D eigenvalue weighted by atomic mass is 9.90. The van der Waals surface area contributed by atoms with E-state index in [4.69, 9.17) is 23.2 Å². The number of benzene rings is 2. The molecule has 1 amide bonds. The Morgan fingerprint density at radius 3 is 2.54 bits per heavy atom. The Morgan fingerprint density at radius 1 is 1.18 bits per heavy atom. The lowest BCUT2D eigenvalue weighted by Crippen LogP contribution is -2.39.